The molecule has 1 rings (SSSR count). The minimum absolute atomic E-state index is 0.0249. The summed E-state index contributed by atoms with van der Waals surface area (Å²) in [7, 11) is 1.97. The maximum absolute atomic E-state index is 11.3. The topological polar surface area (TPSA) is 37.3 Å². The van der Waals surface area contributed by atoms with Gasteiger partial charge in [-0.25, -0.2) is 0 Å². The van der Waals surface area contributed by atoms with Gasteiger partial charge in [0.15, 0.2) is 13.1 Å². The molecule has 3 heteroatoms. The van der Waals surface area contributed by atoms with Crippen LogP contribution in [0.4, 0.5) is 0 Å². The van der Waals surface area contributed by atoms with Crippen LogP contribution < -0.4 is 5.46 Å². The Balaban J connectivity index is 3.09. The molecule has 0 heterocycles. The molecule has 0 saturated carbocycles. The van der Waals surface area contributed by atoms with Gasteiger partial charge in [-0.2, -0.15) is 0 Å². The molecule has 2 nitrogen and oxygen atoms in total. The molecule has 0 aliphatic carbocycles. The molecule has 0 atom stereocenters. The fourth-order valence-electron chi connectivity index (χ4n) is 1.37. The number of rotatable bonds is 3. The van der Waals surface area contributed by atoms with Crippen LogP contribution in [0.2, 0.25) is 5.82 Å². The monoisotopic (exact) mass is 189 g/mol. The molecule has 0 fully saturated rings. The van der Waals surface area contributed by atoms with Crippen LogP contribution in [0.3, 0.4) is 0 Å². The van der Waals surface area contributed by atoms with Gasteiger partial charge in [-0.3, -0.25) is 4.79 Å². The second-order valence-electron chi connectivity index (χ2n) is 3.74. The smallest absolute Gasteiger partial charge is 0.159 e. The number of hydrogen-bond donors (Lipinski definition) is 1. The Morgan fingerprint density at radius 2 is 2.07 bits per heavy atom. The lowest BCUT2D eigenvalue weighted by atomic mass is 9.59. The Labute approximate surface area is 85.2 Å². The van der Waals surface area contributed by atoms with Gasteiger partial charge in [0.2, 0.25) is 0 Å². The molecule has 0 spiro atoms. The van der Waals surface area contributed by atoms with E-state index < -0.39 is 0 Å². The molecule has 0 aliphatic heterocycles. The largest absolute Gasteiger partial charge is 0.508 e. The molecule has 1 aromatic carbocycles. The molecule has 0 aliphatic rings. The molecule has 1 aromatic rings. The SMILES string of the molecule is CC(=O)c1ccc(O)cc1[B]C(C)C. The highest BCUT2D eigenvalue weighted by atomic mass is 16.3. The van der Waals surface area contributed by atoms with Gasteiger partial charge >= 0.3 is 0 Å². The molecular formula is C11H14BO2. The summed E-state index contributed by atoms with van der Waals surface area (Å²) in [5, 5.41) is 9.30. The second-order valence-corrected chi connectivity index (χ2v) is 3.74. The summed E-state index contributed by atoms with van der Waals surface area (Å²) in [4.78, 5) is 11.3. The fraction of sp³-hybridized carbons (Fsp3) is 0.364. The van der Waals surface area contributed by atoms with Crippen molar-refractivity contribution in [3.63, 3.8) is 0 Å². The number of benzene rings is 1. The van der Waals surface area contributed by atoms with E-state index in [-0.39, 0.29) is 11.5 Å². The first-order valence-electron chi connectivity index (χ1n) is 4.69. The molecule has 0 bridgehead atoms. The zero-order chi connectivity index (χ0) is 10.7. The first-order valence-corrected chi connectivity index (χ1v) is 4.69. The van der Waals surface area contributed by atoms with Crippen molar-refractivity contribution in [2.45, 2.75) is 26.6 Å². The van der Waals surface area contributed by atoms with Crippen LogP contribution in [0.5, 0.6) is 5.75 Å². The number of ketones is 1. The van der Waals surface area contributed by atoms with Crippen molar-refractivity contribution in [1.29, 1.82) is 0 Å². The lowest BCUT2D eigenvalue weighted by molar-refractivity contribution is 0.101. The van der Waals surface area contributed by atoms with Gasteiger partial charge in [-0.1, -0.05) is 25.1 Å². The summed E-state index contributed by atoms with van der Waals surface area (Å²) in [6.45, 7) is 5.60. The Morgan fingerprint density at radius 1 is 1.43 bits per heavy atom. The molecule has 1 N–H and O–H groups in total. The first-order chi connectivity index (χ1) is 6.50. The highest BCUT2D eigenvalue weighted by molar-refractivity contribution is 6.56. The first kappa shape index (κ1) is 10.8. The quantitative estimate of drug-likeness (QED) is 0.580. The van der Waals surface area contributed by atoms with Crippen molar-refractivity contribution >= 4 is 18.5 Å². The zero-order valence-electron chi connectivity index (χ0n) is 8.74. The summed E-state index contributed by atoms with van der Waals surface area (Å²) in [5.74, 6) is 0.578. The molecular weight excluding hydrogens is 175 g/mol. The molecule has 0 saturated heterocycles. The third-order valence-corrected chi connectivity index (χ3v) is 1.93. The molecule has 1 radical (unpaired) electrons. The average molecular weight is 189 g/mol. The number of hydrogen-bond acceptors (Lipinski definition) is 2. The Morgan fingerprint density at radius 3 is 2.57 bits per heavy atom. The Bertz CT molecular complexity index is 345. The van der Waals surface area contributed by atoms with Crippen LogP contribution >= 0.6 is 0 Å². The summed E-state index contributed by atoms with van der Waals surface area (Å²) >= 11 is 0. The maximum atomic E-state index is 11.3. The summed E-state index contributed by atoms with van der Waals surface area (Å²) < 4.78 is 0. The standard InChI is InChI=1S/C11H14BO2/c1-7(2)12-11-6-9(14)4-5-10(11)8(3)13/h4-7,14H,1-3H3. The highest BCUT2D eigenvalue weighted by Crippen LogP contribution is 2.10. The molecule has 14 heavy (non-hydrogen) atoms. The van der Waals surface area contributed by atoms with Gasteiger partial charge in [0.05, 0.1) is 0 Å². The van der Waals surface area contributed by atoms with Crippen molar-refractivity contribution in [3.8, 4) is 5.75 Å². The van der Waals surface area contributed by atoms with E-state index in [9.17, 15) is 9.90 Å². The molecule has 0 amide bonds. The third kappa shape index (κ3) is 2.62. The number of Topliss-reactive ketones (excluding diaryl/α,β-unsaturated/α-hetero) is 1. The minimum atomic E-state index is 0.0249. The maximum Gasteiger partial charge on any atom is 0.159 e. The lowest BCUT2D eigenvalue weighted by Crippen LogP contribution is -2.23. The van der Waals surface area contributed by atoms with E-state index in [0.29, 0.717) is 11.4 Å². The third-order valence-electron chi connectivity index (χ3n) is 1.93. The zero-order valence-corrected chi connectivity index (χ0v) is 8.74. The van der Waals surface area contributed by atoms with E-state index in [1.54, 1.807) is 12.1 Å². The summed E-state index contributed by atoms with van der Waals surface area (Å²) in [6, 6.07) is 4.82. The van der Waals surface area contributed by atoms with E-state index in [2.05, 4.69) is 0 Å². The lowest BCUT2D eigenvalue weighted by Gasteiger charge is -2.08. The van der Waals surface area contributed by atoms with Crippen molar-refractivity contribution in [1.82, 2.24) is 0 Å². The van der Waals surface area contributed by atoms with E-state index in [0.717, 1.165) is 5.46 Å². The summed E-state index contributed by atoms with van der Waals surface area (Å²) in [6.07, 6.45) is 0. The van der Waals surface area contributed by atoms with E-state index in [1.165, 1.54) is 13.0 Å². The van der Waals surface area contributed by atoms with Gasteiger partial charge in [0.1, 0.15) is 5.75 Å². The minimum Gasteiger partial charge on any atom is -0.508 e. The fourth-order valence-corrected chi connectivity index (χ4v) is 1.37. The summed E-state index contributed by atoms with van der Waals surface area (Å²) in [5.41, 5.74) is 1.48. The van der Waals surface area contributed by atoms with Crippen molar-refractivity contribution < 1.29 is 9.90 Å². The van der Waals surface area contributed by atoms with Crippen molar-refractivity contribution in [2.24, 2.45) is 0 Å². The number of carbonyl (C=O) groups is 1. The van der Waals surface area contributed by atoms with Crippen LogP contribution in [0.25, 0.3) is 0 Å². The van der Waals surface area contributed by atoms with Gasteiger partial charge in [-0.15, -0.1) is 0 Å². The number of phenols is 1. The van der Waals surface area contributed by atoms with Crippen LogP contribution in [0, 0.1) is 0 Å². The Hall–Kier alpha value is -1.25. The van der Waals surface area contributed by atoms with E-state index >= 15 is 0 Å². The van der Waals surface area contributed by atoms with Crippen LogP contribution in [-0.4, -0.2) is 18.2 Å². The van der Waals surface area contributed by atoms with Crippen LogP contribution in [0.1, 0.15) is 31.1 Å². The predicted molar refractivity (Wildman–Crippen MR) is 58.6 cm³/mol. The second kappa shape index (κ2) is 4.31. The van der Waals surface area contributed by atoms with E-state index in [1.807, 2.05) is 21.1 Å². The normalized spacial score (nSPS) is 10.3. The molecule has 0 unspecified atom stereocenters. The van der Waals surface area contributed by atoms with E-state index in [4.69, 9.17) is 0 Å². The van der Waals surface area contributed by atoms with Crippen molar-refractivity contribution in [2.75, 3.05) is 0 Å². The van der Waals surface area contributed by atoms with Gasteiger partial charge in [0, 0.05) is 5.56 Å². The molecule has 0 aromatic heterocycles. The van der Waals surface area contributed by atoms with Crippen LogP contribution in [-0.2, 0) is 0 Å². The van der Waals surface area contributed by atoms with Gasteiger partial charge in [-0.05, 0) is 25.1 Å². The van der Waals surface area contributed by atoms with Crippen LogP contribution in [0.15, 0.2) is 18.2 Å². The Kier molecular flexibility index (Phi) is 3.34. The van der Waals surface area contributed by atoms with Crippen molar-refractivity contribution in [3.05, 3.63) is 23.8 Å². The molecule has 73 valence electrons. The predicted octanol–water partition coefficient (Wildman–Crippen LogP) is 1.75. The van der Waals surface area contributed by atoms with Gasteiger partial charge in [0.25, 0.3) is 0 Å². The number of aromatic hydroxyl groups is 1. The number of carbonyl (C=O) groups excluding carboxylic acids is 1. The average Bonchev–Trinajstić information content (AvgIpc) is 2.01. The van der Waals surface area contributed by atoms with Gasteiger partial charge < -0.3 is 5.11 Å². The number of phenolic OH excluding ortho intramolecular Hbond substituents is 1. The highest BCUT2D eigenvalue weighted by Gasteiger charge is 2.10.